The summed E-state index contributed by atoms with van der Waals surface area (Å²) in [4.78, 5) is 25.9. The van der Waals surface area contributed by atoms with Gasteiger partial charge < -0.3 is 10.2 Å². The van der Waals surface area contributed by atoms with Crippen molar-refractivity contribution < 1.29 is 9.59 Å². The normalized spacial score (nSPS) is 16.2. The van der Waals surface area contributed by atoms with Crippen LogP contribution in [0.5, 0.6) is 0 Å². The van der Waals surface area contributed by atoms with Crippen molar-refractivity contribution in [2.45, 2.75) is 25.8 Å². The Balaban J connectivity index is 1.94. The van der Waals surface area contributed by atoms with E-state index >= 15 is 0 Å². The summed E-state index contributed by atoms with van der Waals surface area (Å²) in [5, 5.41) is 2.76. The summed E-state index contributed by atoms with van der Waals surface area (Å²) in [5.41, 5.74) is 0.585. The quantitative estimate of drug-likeness (QED) is 0.826. The molecule has 1 fully saturated rings. The van der Waals surface area contributed by atoms with E-state index in [2.05, 4.69) is 27.9 Å². The largest absolute Gasteiger partial charge is 0.341 e. The number of hydrogen-bond donors (Lipinski definition) is 1. The first-order valence-corrected chi connectivity index (χ1v) is 7.51. The second-order valence-corrected chi connectivity index (χ2v) is 5.98. The molecule has 2 amide bonds. The minimum Gasteiger partial charge on any atom is -0.341 e. The van der Waals surface area contributed by atoms with E-state index in [1.165, 1.54) is 0 Å². The van der Waals surface area contributed by atoms with Gasteiger partial charge in [-0.1, -0.05) is 0 Å². The van der Waals surface area contributed by atoms with Crippen molar-refractivity contribution in [3.63, 3.8) is 0 Å². The molecule has 1 atom stereocenters. The number of carbonyl (C=O) groups excluding carboxylic acids is 2. The zero-order valence-corrected chi connectivity index (χ0v) is 13.0. The Labute approximate surface area is 126 Å². The Bertz CT molecular complexity index is 467. The molecule has 19 heavy (non-hydrogen) atoms. The number of amides is 2. The highest BCUT2D eigenvalue weighted by Gasteiger charge is 2.24. The van der Waals surface area contributed by atoms with Crippen LogP contribution in [0.2, 0.25) is 0 Å². The third-order valence-corrected chi connectivity index (χ3v) is 3.96. The van der Waals surface area contributed by atoms with Gasteiger partial charge in [-0.3, -0.25) is 9.59 Å². The van der Waals surface area contributed by atoms with Crippen LogP contribution in [-0.4, -0.2) is 35.8 Å². The third kappa shape index (κ3) is 3.68. The molecule has 1 heterocycles. The van der Waals surface area contributed by atoms with Crippen LogP contribution in [0.15, 0.2) is 24.3 Å². The Morgan fingerprint density at radius 2 is 1.79 bits per heavy atom. The molecule has 0 radical (unpaired) electrons. The Morgan fingerprint density at radius 1 is 1.21 bits per heavy atom. The smallest absolute Gasteiger partial charge is 0.251 e. The molecule has 0 saturated carbocycles. The molecular weight excluding hydrogens is 355 g/mol. The maximum Gasteiger partial charge on any atom is 0.251 e. The molecule has 1 unspecified atom stereocenters. The minimum absolute atomic E-state index is 0.0105. The van der Waals surface area contributed by atoms with E-state index in [1.54, 1.807) is 19.1 Å². The first-order valence-electron chi connectivity index (χ1n) is 6.43. The highest BCUT2D eigenvalue weighted by Crippen LogP contribution is 2.10. The van der Waals surface area contributed by atoms with Crippen LogP contribution in [0.3, 0.4) is 0 Å². The van der Waals surface area contributed by atoms with E-state index in [4.69, 9.17) is 0 Å². The van der Waals surface area contributed by atoms with Crippen molar-refractivity contribution in [1.29, 1.82) is 0 Å². The Kier molecular flexibility index (Phi) is 4.79. The van der Waals surface area contributed by atoms with Gasteiger partial charge >= 0.3 is 0 Å². The van der Waals surface area contributed by atoms with Crippen LogP contribution < -0.4 is 5.32 Å². The summed E-state index contributed by atoms with van der Waals surface area (Å²) >= 11 is 2.19. The van der Waals surface area contributed by atoms with Crippen LogP contribution in [0.4, 0.5) is 0 Å². The molecule has 0 bridgehead atoms. The molecule has 102 valence electrons. The van der Waals surface area contributed by atoms with Gasteiger partial charge in [-0.15, -0.1) is 0 Å². The fourth-order valence-electron chi connectivity index (χ4n) is 2.15. The van der Waals surface area contributed by atoms with Gasteiger partial charge in [0.25, 0.3) is 5.91 Å². The summed E-state index contributed by atoms with van der Waals surface area (Å²) in [7, 11) is 0. The molecule has 1 aliphatic rings. The van der Waals surface area contributed by atoms with Crippen molar-refractivity contribution in [3.05, 3.63) is 33.4 Å². The molecule has 0 spiro atoms. The molecule has 0 aromatic heterocycles. The minimum atomic E-state index is -0.468. The average Bonchev–Trinajstić information content (AvgIpc) is 2.92. The number of hydrogen-bond acceptors (Lipinski definition) is 2. The van der Waals surface area contributed by atoms with E-state index in [0.717, 1.165) is 29.5 Å². The number of likely N-dealkylation sites (tertiary alicyclic amines) is 1. The van der Waals surface area contributed by atoms with Crippen LogP contribution in [0, 0.1) is 3.57 Å². The number of rotatable bonds is 3. The summed E-state index contributed by atoms with van der Waals surface area (Å²) in [6, 6.07) is 6.82. The molecule has 5 heteroatoms. The van der Waals surface area contributed by atoms with E-state index in [-0.39, 0.29) is 11.8 Å². The highest BCUT2D eigenvalue weighted by molar-refractivity contribution is 14.1. The van der Waals surface area contributed by atoms with E-state index < -0.39 is 6.04 Å². The van der Waals surface area contributed by atoms with Gasteiger partial charge in [-0.25, -0.2) is 0 Å². The van der Waals surface area contributed by atoms with Gasteiger partial charge in [0, 0.05) is 22.2 Å². The molecular formula is C14H17IN2O2. The second kappa shape index (κ2) is 6.36. The predicted molar refractivity (Wildman–Crippen MR) is 81.9 cm³/mol. The second-order valence-electron chi connectivity index (χ2n) is 4.73. The molecule has 1 saturated heterocycles. The maximum absolute atomic E-state index is 12.1. The Hall–Kier alpha value is -1.11. The number of halogens is 1. The average molecular weight is 372 g/mol. The number of nitrogens with zero attached hydrogens (tertiary/aromatic N) is 1. The summed E-state index contributed by atoms with van der Waals surface area (Å²) in [5.74, 6) is -0.187. The van der Waals surface area contributed by atoms with Gasteiger partial charge in [0.05, 0.1) is 0 Å². The standard InChI is InChI=1S/C14H17IN2O2/c1-10(14(19)17-8-2-3-9-17)16-13(18)11-4-6-12(15)7-5-11/h4-7,10H,2-3,8-9H2,1H3,(H,16,18). The van der Waals surface area contributed by atoms with Gasteiger partial charge in [0.2, 0.25) is 5.91 Å². The van der Waals surface area contributed by atoms with Crippen LogP contribution in [0.25, 0.3) is 0 Å². The lowest BCUT2D eigenvalue weighted by Gasteiger charge is -2.21. The maximum atomic E-state index is 12.1. The first kappa shape index (κ1) is 14.3. The van der Waals surface area contributed by atoms with Gasteiger partial charge in [0.1, 0.15) is 6.04 Å². The van der Waals surface area contributed by atoms with E-state index in [1.807, 2.05) is 17.0 Å². The highest BCUT2D eigenvalue weighted by atomic mass is 127. The predicted octanol–water partition coefficient (Wildman–Crippen LogP) is 2.03. The summed E-state index contributed by atoms with van der Waals surface area (Å²) < 4.78 is 1.08. The van der Waals surface area contributed by atoms with Crippen LogP contribution in [0.1, 0.15) is 30.1 Å². The van der Waals surface area contributed by atoms with E-state index in [0.29, 0.717) is 5.56 Å². The van der Waals surface area contributed by atoms with Crippen molar-refractivity contribution in [2.24, 2.45) is 0 Å². The van der Waals surface area contributed by atoms with Gasteiger partial charge in [-0.2, -0.15) is 0 Å². The van der Waals surface area contributed by atoms with Crippen LogP contribution >= 0.6 is 22.6 Å². The SMILES string of the molecule is CC(NC(=O)c1ccc(I)cc1)C(=O)N1CCCC1. The van der Waals surface area contributed by atoms with Gasteiger partial charge in [0.15, 0.2) is 0 Å². The summed E-state index contributed by atoms with van der Waals surface area (Å²) in [6.07, 6.45) is 2.12. The monoisotopic (exact) mass is 372 g/mol. The molecule has 1 N–H and O–H groups in total. The van der Waals surface area contributed by atoms with Crippen molar-refractivity contribution >= 4 is 34.4 Å². The van der Waals surface area contributed by atoms with Crippen molar-refractivity contribution in [2.75, 3.05) is 13.1 Å². The molecule has 1 aromatic rings. The lowest BCUT2D eigenvalue weighted by atomic mass is 10.2. The Morgan fingerprint density at radius 3 is 2.37 bits per heavy atom. The first-order chi connectivity index (χ1) is 9.08. The molecule has 1 aromatic carbocycles. The molecule has 0 aliphatic carbocycles. The molecule has 4 nitrogen and oxygen atoms in total. The zero-order chi connectivity index (χ0) is 13.8. The fraction of sp³-hybridized carbons (Fsp3) is 0.429. The van der Waals surface area contributed by atoms with Crippen molar-refractivity contribution in [3.8, 4) is 0 Å². The lowest BCUT2D eigenvalue weighted by molar-refractivity contribution is -0.131. The lowest BCUT2D eigenvalue weighted by Crippen LogP contribution is -2.45. The topological polar surface area (TPSA) is 49.4 Å². The summed E-state index contributed by atoms with van der Waals surface area (Å²) in [6.45, 7) is 3.36. The number of benzene rings is 1. The van der Waals surface area contributed by atoms with E-state index in [9.17, 15) is 9.59 Å². The number of nitrogens with one attached hydrogen (secondary N) is 1. The zero-order valence-electron chi connectivity index (χ0n) is 10.9. The molecule has 2 rings (SSSR count). The number of carbonyl (C=O) groups is 2. The van der Waals surface area contributed by atoms with Crippen LogP contribution in [-0.2, 0) is 4.79 Å². The van der Waals surface area contributed by atoms with Gasteiger partial charge in [-0.05, 0) is 66.6 Å². The molecule has 1 aliphatic heterocycles. The van der Waals surface area contributed by atoms with Crippen molar-refractivity contribution in [1.82, 2.24) is 10.2 Å². The third-order valence-electron chi connectivity index (χ3n) is 3.24. The fourth-order valence-corrected chi connectivity index (χ4v) is 2.51.